The highest BCUT2D eigenvalue weighted by molar-refractivity contribution is 8.18. The molecule has 2 N–H and O–H groups in total. The van der Waals surface area contributed by atoms with Crippen LogP contribution in [0.1, 0.15) is 24.8 Å². The van der Waals surface area contributed by atoms with Crippen LogP contribution < -0.4 is 10.6 Å². The van der Waals surface area contributed by atoms with Gasteiger partial charge in [0.05, 0.1) is 21.1 Å². The van der Waals surface area contributed by atoms with Crippen LogP contribution >= 0.6 is 23.4 Å². The average Bonchev–Trinajstić information content (AvgIpc) is 3.07. The monoisotopic (exact) mass is 462 g/mol. The number of anilines is 2. The smallest absolute Gasteiger partial charge is 0.286 e. The highest BCUT2D eigenvalue weighted by atomic mass is 35.5. The third kappa shape index (κ3) is 4.40. The van der Waals surface area contributed by atoms with Gasteiger partial charge >= 0.3 is 0 Å². The number of pyridine rings is 1. The Balaban J connectivity index is 1.30. The molecule has 0 radical (unpaired) electrons. The molecule has 2 amide bonds. The van der Waals surface area contributed by atoms with Crippen LogP contribution in [0.15, 0.2) is 64.6 Å². The maximum Gasteiger partial charge on any atom is 0.286 e. The number of carbonyl (C=O) groups excluding carboxylic acids is 2. The number of amides is 2. The van der Waals surface area contributed by atoms with Gasteiger partial charge in [0.1, 0.15) is 0 Å². The lowest BCUT2D eigenvalue weighted by molar-refractivity contribution is -0.122. The fourth-order valence-corrected chi connectivity index (χ4v) is 4.52. The number of nitrogens with one attached hydrogen (secondary N) is 2. The van der Waals surface area contributed by atoms with E-state index in [1.807, 2.05) is 36.4 Å². The molecule has 0 unspecified atom stereocenters. The molecule has 1 aromatic heterocycles. The molecule has 160 valence electrons. The molecule has 2 aromatic carbocycles. The molecule has 2 aliphatic rings. The summed E-state index contributed by atoms with van der Waals surface area (Å²) in [5, 5.41) is 7.96. The summed E-state index contributed by atoms with van der Waals surface area (Å²) in [5.74, 6) is -0.189. The largest absolute Gasteiger partial charge is 0.333 e. The summed E-state index contributed by atoms with van der Waals surface area (Å²) in [4.78, 5) is 33.6. The number of fused-ring (bicyclic) bond motifs is 1. The fourth-order valence-electron chi connectivity index (χ4n) is 3.53. The van der Waals surface area contributed by atoms with Gasteiger partial charge in [-0.25, -0.2) is 0 Å². The van der Waals surface area contributed by atoms with Crippen molar-refractivity contribution in [1.82, 2.24) is 4.98 Å². The summed E-state index contributed by atoms with van der Waals surface area (Å²) in [6, 6.07) is 14.9. The average molecular weight is 463 g/mol. The Morgan fingerprint density at radius 3 is 2.84 bits per heavy atom. The van der Waals surface area contributed by atoms with Gasteiger partial charge in [0, 0.05) is 23.2 Å². The first-order valence-electron chi connectivity index (χ1n) is 10.3. The van der Waals surface area contributed by atoms with Crippen molar-refractivity contribution in [3.05, 3.63) is 70.2 Å². The van der Waals surface area contributed by atoms with Gasteiger partial charge in [0.25, 0.3) is 5.91 Å². The number of hydrogen-bond donors (Lipinski definition) is 2. The van der Waals surface area contributed by atoms with Crippen molar-refractivity contribution in [3.8, 4) is 0 Å². The van der Waals surface area contributed by atoms with Crippen molar-refractivity contribution in [2.75, 3.05) is 10.6 Å². The molecule has 0 spiro atoms. The highest BCUT2D eigenvalue weighted by Crippen LogP contribution is 2.33. The van der Waals surface area contributed by atoms with Gasteiger partial charge in [0.15, 0.2) is 5.17 Å². The summed E-state index contributed by atoms with van der Waals surface area (Å²) < 4.78 is 0. The molecule has 1 fully saturated rings. The SMILES string of the molecule is O=C1N=C(Nc2cc(NC(=O)C3CCC3)ccc2Cl)SC1=Cc1ccc2ncccc2c1. The van der Waals surface area contributed by atoms with E-state index in [4.69, 9.17) is 11.6 Å². The summed E-state index contributed by atoms with van der Waals surface area (Å²) in [5.41, 5.74) is 3.04. The number of thioether (sulfide) groups is 1. The van der Waals surface area contributed by atoms with Crippen LogP contribution in [0, 0.1) is 5.92 Å². The number of rotatable bonds is 4. The first-order valence-corrected chi connectivity index (χ1v) is 11.5. The lowest BCUT2D eigenvalue weighted by atomic mass is 9.85. The third-order valence-electron chi connectivity index (χ3n) is 5.50. The number of benzene rings is 2. The number of aliphatic imine (C=N–C) groups is 1. The van der Waals surface area contributed by atoms with Crippen molar-refractivity contribution in [3.63, 3.8) is 0 Å². The molecule has 8 heteroatoms. The standard InChI is InChI=1S/C24H19ClN4O2S/c25-18-8-7-17(27-22(30)15-3-1-4-15)13-20(18)28-24-29-23(31)21(32-24)12-14-6-9-19-16(11-14)5-2-10-26-19/h2,5-13,15H,1,3-4H2,(H,27,30)(H,28,29,31). The van der Waals surface area contributed by atoms with Gasteiger partial charge in [-0.1, -0.05) is 30.2 Å². The molecular formula is C24H19ClN4O2S. The van der Waals surface area contributed by atoms with Crippen LogP contribution in [-0.4, -0.2) is 22.0 Å². The summed E-state index contributed by atoms with van der Waals surface area (Å²) >= 11 is 7.57. The fraction of sp³-hybridized carbons (Fsp3) is 0.167. The van der Waals surface area contributed by atoms with Gasteiger partial charge in [-0.05, 0) is 72.6 Å². The second kappa shape index (κ2) is 8.76. The molecule has 1 aliphatic carbocycles. The van der Waals surface area contributed by atoms with E-state index in [9.17, 15) is 9.59 Å². The number of amidine groups is 1. The van der Waals surface area contributed by atoms with E-state index >= 15 is 0 Å². The molecule has 3 aromatic rings. The zero-order valence-corrected chi connectivity index (χ0v) is 18.5. The minimum atomic E-state index is -0.311. The lowest BCUT2D eigenvalue weighted by Crippen LogP contribution is -2.28. The van der Waals surface area contributed by atoms with Crippen LogP contribution in [0.3, 0.4) is 0 Å². The van der Waals surface area contributed by atoms with Crippen molar-refractivity contribution < 1.29 is 9.59 Å². The van der Waals surface area contributed by atoms with E-state index in [1.54, 1.807) is 24.4 Å². The van der Waals surface area contributed by atoms with Crippen LogP contribution in [-0.2, 0) is 9.59 Å². The molecular weight excluding hydrogens is 444 g/mol. The van der Waals surface area contributed by atoms with Gasteiger partial charge in [-0.2, -0.15) is 4.99 Å². The topological polar surface area (TPSA) is 83.5 Å². The van der Waals surface area contributed by atoms with E-state index < -0.39 is 0 Å². The molecule has 1 aliphatic heterocycles. The molecule has 2 heterocycles. The van der Waals surface area contributed by atoms with Gasteiger partial charge in [-0.15, -0.1) is 0 Å². The van der Waals surface area contributed by atoms with E-state index in [0.29, 0.717) is 26.5 Å². The quantitative estimate of drug-likeness (QED) is 0.485. The lowest BCUT2D eigenvalue weighted by Gasteiger charge is -2.24. The van der Waals surface area contributed by atoms with E-state index in [1.165, 1.54) is 11.8 Å². The second-order valence-corrected chi connectivity index (χ2v) is 9.16. The van der Waals surface area contributed by atoms with Crippen LogP contribution in [0.5, 0.6) is 0 Å². The van der Waals surface area contributed by atoms with Gasteiger partial charge in [-0.3, -0.25) is 14.6 Å². The molecule has 0 bridgehead atoms. The predicted molar refractivity (Wildman–Crippen MR) is 131 cm³/mol. The molecule has 6 nitrogen and oxygen atoms in total. The minimum Gasteiger partial charge on any atom is -0.333 e. The van der Waals surface area contributed by atoms with E-state index in [-0.39, 0.29) is 17.7 Å². The van der Waals surface area contributed by atoms with Gasteiger partial charge in [0.2, 0.25) is 5.91 Å². The zero-order valence-electron chi connectivity index (χ0n) is 17.0. The maximum atomic E-state index is 12.4. The molecule has 1 saturated carbocycles. The number of nitrogens with zero attached hydrogens (tertiary/aromatic N) is 2. The number of halogens is 1. The maximum absolute atomic E-state index is 12.4. The summed E-state index contributed by atoms with van der Waals surface area (Å²) in [6.45, 7) is 0. The second-order valence-electron chi connectivity index (χ2n) is 7.73. The van der Waals surface area contributed by atoms with Crippen molar-refractivity contribution in [2.45, 2.75) is 19.3 Å². The normalized spacial score (nSPS) is 17.3. The Labute approximate surface area is 194 Å². The zero-order chi connectivity index (χ0) is 22.1. The van der Waals surface area contributed by atoms with Crippen molar-refractivity contribution in [2.24, 2.45) is 10.9 Å². The first-order chi connectivity index (χ1) is 15.5. The third-order valence-corrected chi connectivity index (χ3v) is 6.73. The number of carbonyl (C=O) groups is 2. The van der Waals surface area contributed by atoms with Gasteiger partial charge < -0.3 is 10.6 Å². The molecule has 5 rings (SSSR count). The Hall–Kier alpha value is -3.16. The Morgan fingerprint density at radius 2 is 2.03 bits per heavy atom. The highest BCUT2D eigenvalue weighted by Gasteiger charge is 2.26. The van der Waals surface area contributed by atoms with Crippen LogP contribution in [0.2, 0.25) is 5.02 Å². The molecule has 32 heavy (non-hydrogen) atoms. The summed E-state index contributed by atoms with van der Waals surface area (Å²) in [6.07, 6.45) is 6.53. The first kappa shape index (κ1) is 20.7. The molecule has 0 atom stereocenters. The Kier molecular flexibility index (Phi) is 5.68. The Bertz CT molecular complexity index is 1300. The molecule has 0 saturated heterocycles. The number of aromatic nitrogens is 1. The Morgan fingerprint density at radius 1 is 1.16 bits per heavy atom. The van der Waals surface area contributed by atoms with E-state index in [0.717, 1.165) is 35.7 Å². The van der Waals surface area contributed by atoms with Crippen molar-refractivity contribution >= 4 is 68.7 Å². The summed E-state index contributed by atoms with van der Waals surface area (Å²) in [7, 11) is 0. The van der Waals surface area contributed by atoms with Crippen LogP contribution in [0.4, 0.5) is 11.4 Å². The predicted octanol–water partition coefficient (Wildman–Crippen LogP) is 5.71. The van der Waals surface area contributed by atoms with Crippen LogP contribution in [0.25, 0.3) is 17.0 Å². The van der Waals surface area contributed by atoms with Crippen molar-refractivity contribution in [1.29, 1.82) is 0 Å². The number of hydrogen-bond acceptors (Lipinski definition) is 5. The van der Waals surface area contributed by atoms with E-state index in [2.05, 4.69) is 20.6 Å². The minimum absolute atomic E-state index is 0.0306.